The Morgan fingerprint density at radius 1 is 0.688 bits per heavy atom. The molecule has 0 saturated heterocycles. The van der Waals surface area contributed by atoms with Gasteiger partial charge in [-0.1, -0.05) is 128 Å². The van der Waals surface area contributed by atoms with Crippen molar-refractivity contribution in [2.75, 3.05) is 0 Å². The van der Waals surface area contributed by atoms with Gasteiger partial charge in [0.15, 0.2) is 5.58 Å². The largest absolute Gasteiger partial charge is 0.507 e. The van der Waals surface area contributed by atoms with Crippen LogP contribution in [-0.2, 0) is 16.2 Å². The van der Waals surface area contributed by atoms with Crippen LogP contribution in [0.3, 0.4) is 0 Å². The Balaban J connectivity index is 1.59. The Bertz CT molecular complexity index is 2190. The van der Waals surface area contributed by atoms with Crippen molar-refractivity contribution in [3.8, 4) is 28.3 Å². The molecule has 0 saturated carbocycles. The molecular weight excluding hydrogens is 588 g/mol. The first-order valence-corrected chi connectivity index (χ1v) is 16.9. The van der Waals surface area contributed by atoms with Crippen molar-refractivity contribution in [2.45, 2.75) is 92.4 Å². The molecule has 0 fully saturated rings. The van der Waals surface area contributed by atoms with Crippen molar-refractivity contribution in [3.05, 3.63) is 112 Å². The first kappa shape index (κ1) is 33.2. The topological polar surface area (TPSA) is 58.6 Å². The van der Waals surface area contributed by atoms with Crippen LogP contribution >= 0.6 is 0 Å². The minimum Gasteiger partial charge on any atom is -0.507 e. The van der Waals surface area contributed by atoms with Gasteiger partial charge < -0.3 is 9.52 Å². The number of oxazole rings is 1. The first-order valence-electron chi connectivity index (χ1n) is 16.9. The van der Waals surface area contributed by atoms with Gasteiger partial charge in [-0.2, -0.15) is 0 Å². The van der Waals surface area contributed by atoms with E-state index in [1.54, 1.807) is 6.21 Å². The van der Waals surface area contributed by atoms with Crippen LogP contribution in [0.4, 0.5) is 5.69 Å². The van der Waals surface area contributed by atoms with Crippen LogP contribution in [0.25, 0.3) is 44.5 Å². The third-order valence-electron chi connectivity index (χ3n) is 9.17. The van der Waals surface area contributed by atoms with E-state index < -0.39 is 0 Å². The molecule has 6 aromatic rings. The SMILES string of the molecule is Cc1cc(C)cc(-c2cc(C(C)(C)C)cc3oc(-c4ccc5ccccc5c4N=Cc4cc(C(C)(C)C)cc(C(C)(C)C)c4O)nc23)c1. The lowest BCUT2D eigenvalue weighted by atomic mass is 9.79. The molecule has 4 heteroatoms. The van der Waals surface area contributed by atoms with Gasteiger partial charge in [-0.3, -0.25) is 4.99 Å². The minimum atomic E-state index is -0.240. The maximum atomic E-state index is 11.5. The number of aryl methyl sites for hydroxylation is 2. The summed E-state index contributed by atoms with van der Waals surface area (Å²) in [7, 11) is 0. The fourth-order valence-corrected chi connectivity index (χ4v) is 6.39. The predicted octanol–water partition coefficient (Wildman–Crippen LogP) is 12.3. The van der Waals surface area contributed by atoms with Crippen molar-refractivity contribution in [1.29, 1.82) is 0 Å². The summed E-state index contributed by atoms with van der Waals surface area (Å²) in [6, 6.07) is 27.6. The van der Waals surface area contributed by atoms with Gasteiger partial charge in [0.25, 0.3) is 0 Å². The van der Waals surface area contributed by atoms with Gasteiger partial charge in [-0.15, -0.1) is 0 Å². The number of rotatable bonds is 4. The first-order chi connectivity index (χ1) is 22.4. The highest BCUT2D eigenvalue weighted by Crippen LogP contribution is 2.42. The maximum absolute atomic E-state index is 11.5. The Morgan fingerprint density at radius 2 is 1.33 bits per heavy atom. The van der Waals surface area contributed by atoms with Crippen LogP contribution < -0.4 is 0 Å². The quantitative estimate of drug-likeness (QED) is 0.196. The third kappa shape index (κ3) is 6.41. The van der Waals surface area contributed by atoms with E-state index in [9.17, 15) is 5.11 Å². The van der Waals surface area contributed by atoms with Crippen LogP contribution in [0.1, 0.15) is 95.7 Å². The molecule has 0 bridgehead atoms. The Labute approximate surface area is 285 Å². The average molecular weight is 637 g/mol. The highest BCUT2D eigenvalue weighted by molar-refractivity contribution is 6.03. The molecule has 0 amide bonds. The molecule has 5 aromatic carbocycles. The van der Waals surface area contributed by atoms with E-state index in [-0.39, 0.29) is 22.0 Å². The molecule has 48 heavy (non-hydrogen) atoms. The summed E-state index contributed by atoms with van der Waals surface area (Å²) < 4.78 is 6.67. The van der Waals surface area contributed by atoms with E-state index in [1.807, 2.05) is 18.2 Å². The van der Waals surface area contributed by atoms with Crippen molar-refractivity contribution < 1.29 is 9.52 Å². The second-order valence-electron chi connectivity index (χ2n) is 16.4. The lowest BCUT2D eigenvalue weighted by molar-refractivity contribution is 0.444. The second-order valence-corrected chi connectivity index (χ2v) is 16.4. The number of aromatic nitrogens is 1. The molecule has 0 atom stereocenters. The smallest absolute Gasteiger partial charge is 0.229 e. The number of hydrogen-bond donors (Lipinski definition) is 1. The predicted molar refractivity (Wildman–Crippen MR) is 203 cm³/mol. The minimum absolute atomic E-state index is 0.0807. The van der Waals surface area contributed by atoms with Crippen molar-refractivity contribution in [1.82, 2.24) is 4.98 Å². The summed E-state index contributed by atoms with van der Waals surface area (Å²) >= 11 is 0. The molecule has 6 rings (SSSR count). The average Bonchev–Trinajstić information content (AvgIpc) is 3.42. The maximum Gasteiger partial charge on any atom is 0.229 e. The molecular formula is C44H48N2O2. The van der Waals surface area contributed by atoms with Crippen molar-refractivity contribution in [3.63, 3.8) is 0 Å². The second kappa shape index (κ2) is 11.8. The molecule has 246 valence electrons. The molecule has 1 aromatic heterocycles. The molecule has 0 aliphatic rings. The number of phenols is 1. The number of aliphatic imine (C=N–C) groups is 1. The molecule has 0 radical (unpaired) electrons. The van der Waals surface area contributed by atoms with E-state index in [0.717, 1.165) is 55.4 Å². The zero-order valence-corrected chi connectivity index (χ0v) is 30.3. The Kier molecular flexibility index (Phi) is 8.14. The molecule has 0 aliphatic heterocycles. The number of hydrogen-bond acceptors (Lipinski definition) is 4. The van der Waals surface area contributed by atoms with Gasteiger partial charge in [0.05, 0.1) is 11.3 Å². The van der Waals surface area contributed by atoms with Gasteiger partial charge in [-0.05, 0) is 76.4 Å². The number of nitrogens with zero attached hydrogens (tertiary/aromatic N) is 2. The fraction of sp³-hybridized carbons (Fsp3) is 0.318. The third-order valence-corrected chi connectivity index (χ3v) is 9.17. The number of benzene rings is 5. The molecule has 0 aliphatic carbocycles. The van der Waals surface area contributed by atoms with E-state index in [2.05, 4.69) is 137 Å². The standard InChI is InChI=1S/C44H48N2O2/c1-26-18-27(2)20-29(19-26)35-22-32(43(6,7)8)24-37-39(35)46-41(48-37)34-17-16-28-14-12-13-15-33(28)38(34)45-25-30-21-31(42(3,4)5)23-36(40(30)47)44(9,10)11/h12-25,47H,1-11H3. The highest BCUT2D eigenvalue weighted by Gasteiger charge is 2.26. The Hall–Kier alpha value is -4.70. The molecule has 1 heterocycles. The van der Waals surface area contributed by atoms with Crippen LogP contribution in [0, 0.1) is 13.8 Å². The van der Waals surface area contributed by atoms with Crippen LogP contribution in [0.15, 0.2) is 88.3 Å². The van der Waals surface area contributed by atoms with Gasteiger partial charge in [-0.25, -0.2) is 4.98 Å². The van der Waals surface area contributed by atoms with Gasteiger partial charge in [0, 0.05) is 28.3 Å². The summed E-state index contributed by atoms with van der Waals surface area (Å²) in [6.45, 7) is 23.9. The van der Waals surface area contributed by atoms with E-state index in [4.69, 9.17) is 14.4 Å². The van der Waals surface area contributed by atoms with Crippen LogP contribution in [-0.4, -0.2) is 16.3 Å². The van der Waals surface area contributed by atoms with Gasteiger partial charge in [0.1, 0.15) is 11.3 Å². The lowest BCUT2D eigenvalue weighted by Crippen LogP contribution is -2.17. The number of phenolic OH excluding ortho intramolecular Hbond substituents is 1. The molecule has 0 spiro atoms. The van der Waals surface area contributed by atoms with Crippen molar-refractivity contribution >= 4 is 33.8 Å². The molecule has 1 N–H and O–H groups in total. The van der Waals surface area contributed by atoms with E-state index in [1.165, 1.54) is 16.7 Å². The lowest BCUT2D eigenvalue weighted by Gasteiger charge is -2.27. The van der Waals surface area contributed by atoms with Gasteiger partial charge in [0.2, 0.25) is 5.89 Å². The number of aromatic hydroxyl groups is 1. The Morgan fingerprint density at radius 3 is 1.98 bits per heavy atom. The molecule has 4 nitrogen and oxygen atoms in total. The summed E-state index contributed by atoms with van der Waals surface area (Å²) in [5.74, 6) is 0.776. The normalized spacial score (nSPS) is 12.9. The fourth-order valence-electron chi connectivity index (χ4n) is 6.39. The van der Waals surface area contributed by atoms with Crippen molar-refractivity contribution in [2.24, 2.45) is 4.99 Å². The monoisotopic (exact) mass is 636 g/mol. The summed E-state index contributed by atoms with van der Waals surface area (Å²) in [6.07, 6.45) is 1.80. The van der Waals surface area contributed by atoms with Gasteiger partial charge >= 0.3 is 0 Å². The van der Waals surface area contributed by atoms with Crippen LogP contribution in [0.5, 0.6) is 5.75 Å². The van der Waals surface area contributed by atoms with E-state index >= 15 is 0 Å². The molecule has 0 unspecified atom stereocenters. The summed E-state index contributed by atoms with van der Waals surface area (Å²) in [4.78, 5) is 10.3. The highest BCUT2D eigenvalue weighted by atomic mass is 16.3. The number of fused-ring (bicyclic) bond motifs is 2. The van der Waals surface area contributed by atoms with Crippen LogP contribution in [0.2, 0.25) is 0 Å². The summed E-state index contributed by atoms with van der Waals surface area (Å²) in [5, 5.41) is 13.6. The summed E-state index contributed by atoms with van der Waals surface area (Å²) in [5.41, 5.74) is 11.3. The zero-order valence-electron chi connectivity index (χ0n) is 30.3. The zero-order chi connectivity index (χ0) is 34.8. The van der Waals surface area contributed by atoms with E-state index in [0.29, 0.717) is 11.5 Å².